The summed E-state index contributed by atoms with van der Waals surface area (Å²) in [7, 11) is 0. The van der Waals surface area contributed by atoms with Gasteiger partial charge in [0.25, 0.3) is 0 Å². The Morgan fingerprint density at radius 3 is 3.00 bits per heavy atom. The Morgan fingerprint density at radius 2 is 2.19 bits per heavy atom. The number of benzene rings is 1. The third-order valence-electron chi connectivity index (χ3n) is 4.43. The Labute approximate surface area is 131 Å². The molecule has 3 rings (SSSR count). The van der Waals surface area contributed by atoms with Crippen molar-refractivity contribution in [1.82, 2.24) is 10.3 Å². The van der Waals surface area contributed by atoms with Crippen LogP contribution in [0.1, 0.15) is 36.0 Å². The monoisotopic (exact) mass is 300 g/mol. The molecule has 21 heavy (non-hydrogen) atoms. The lowest BCUT2D eigenvalue weighted by molar-refractivity contribution is 0.435. The SMILES string of the molecule is CCNC(Cc1ccncc1Cl)C1CCc2ccccc21. The fourth-order valence-corrected chi connectivity index (χ4v) is 3.63. The van der Waals surface area contributed by atoms with Gasteiger partial charge in [0.2, 0.25) is 0 Å². The fourth-order valence-electron chi connectivity index (χ4n) is 3.43. The number of nitrogens with one attached hydrogen (secondary N) is 1. The number of aromatic nitrogens is 1. The quantitative estimate of drug-likeness (QED) is 0.903. The van der Waals surface area contributed by atoms with Crippen molar-refractivity contribution in [3.05, 3.63) is 64.4 Å². The molecule has 0 aliphatic heterocycles. The molecule has 0 bridgehead atoms. The molecule has 1 aromatic heterocycles. The number of rotatable bonds is 5. The van der Waals surface area contributed by atoms with E-state index in [0.29, 0.717) is 12.0 Å². The van der Waals surface area contributed by atoms with Gasteiger partial charge in [-0.1, -0.05) is 42.8 Å². The van der Waals surface area contributed by atoms with E-state index in [1.807, 2.05) is 12.3 Å². The van der Waals surface area contributed by atoms with Crippen LogP contribution in [0.4, 0.5) is 0 Å². The van der Waals surface area contributed by atoms with Gasteiger partial charge >= 0.3 is 0 Å². The minimum Gasteiger partial charge on any atom is -0.313 e. The molecule has 1 aliphatic rings. The Morgan fingerprint density at radius 1 is 1.33 bits per heavy atom. The summed E-state index contributed by atoms with van der Waals surface area (Å²) in [6.07, 6.45) is 6.93. The first-order valence-electron chi connectivity index (χ1n) is 7.69. The molecule has 3 heteroatoms. The molecule has 1 N–H and O–H groups in total. The molecule has 1 heterocycles. The normalized spacial score (nSPS) is 18.5. The number of nitrogens with zero attached hydrogens (tertiary/aromatic N) is 1. The fraction of sp³-hybridized carbons (Fsp3) is 0.389. The van der Waals surface area contributed by atoms with Crippen LogP contribution in [0.3, 0.4) is 0 Å². The van der Waals surface area contributed by atoms with Crippen molar-refractivity contribution in [1.29, 1.82) is 0 Å². The molecule has 2 nitrogen and oxygen atoms in total. The van der Waals surface area contributed by atoms with Gasteiger partial charge in [-0.25, -0.2) is 0 Å². The zero-order valence-electron chi connectivity index (χ0n) is 12.3. The van der Waals surface area contributed by atoms with Crippen LogP contribution in [0, 0.1) is 0 Å². The summed E-state index contributed by atoms with van der Waals surface area (Å²) in [5.74, 6) is 0.574. The molecule has 1 aliphatic carbocycles. The number of halogens is 1. The number of hydrogen-bond acceptors (Lipinski definition) is 2. The average Bonchev–Trinajstić information content (AvgIpc) is 2.93. The summed E-state index contributed by atoms with van der Waals surface area (Å²) in [6, 6.07) is 11.3. The van der Waals surface area contributed by atoms with Gasteiger partial charge < -0.3 is 5.32 Å². The maximum absolute atomic E-state index is 6.29. The minimum atomic E-state index is 0.429. The Hall–Kier alpha value is -1.38. The van der Waals surface area contributed by atoms with Gasteiger partial charge in [-0.05, 0) is 48.6 Å². The van der Waals surface area contributed by atoms with Gasteiger partial charge in [0.1, 0.15) is 0 Å². The third kappa shape index (κ3) is 3.12. The van der Waals surface area contributed by atoms with Gasteiger partial charge in [0, 0.05) is 24.4 Å². The predicted molar refractivity (Wildman–Crippen MR) is 87.9 cm³/mol. The van der Waals surface area contributed by atoms with Crippen LogP contribution in [-0.4, -0.2) is 17.6 Å². The smallest absolute Gasteiger partial charge is 0.0621 e. The van der Waals surface area contributed by atoms with Gasteiger partial charge in [-0.15, -0.1) is 0 Å². The van der Waals surface area contributed by atoms with Gasteiger partial charge in [-0.3, -0.25) is 4.98 Å². The van der Waals surface area contributed by atoms with Crippen LogP contribution in [-0.2, 0) is 12.8 Å². The molecule has 0 fully saturated rings. The first-order valence-corrected chi connectivity index (χ1v) is 8.07. The molecule has 0 spiro atoms. The molecule has 2 unspecified atom stereocenters. The zero-order chi connectivity index (χ0) is 14.7. The summed E-state index contributed by atoms with van der Waals surface area (Å²) in [5, 5.41) is 4.43. The number of hydrogen-bond donors (Lipinski definition) is 1. The molecule has 2 aromatic rings. The third-order valence-corrected chi connectivity index (χ3v) is 4.77. The molecule has 1 aromatic carbocycles. The lowest BCUT2D eigenvalue weighted by Gasteiger charge is -2.26. The number of pyridine rings is 1. The van der Waals surface area contributed by atoms with E-state index in [4.69, 9.17) is 11.6 Å². The van der Waals surface area contributed by atoms with Gasteiger partial charge in [0.15, 0.2) is 0 Å². The van der Waals surface area contributed by atoms with Gasteiger partial charge in [0.05, 0.1) is 5.02 Å². The van der Waals surface area contributed by atoms with Crippen molar-refractivity contribution < 1.29 is 0 Å². The second-order valence-electron chi connectivity index (χ2n) is 5.68. The van der Waals surface area contributed by atoms with E-state index < -0.39 is 0 Å². The number of fused-ring (bicyclic) bond motifs is 1. The van der Waals surface area contributed by atoms with Crippen molar-refractivity contribution in [2.24, 2.45) is 0 Å². The van der Waals surface area contributed by atoms with Crippen LogP contribution >= 0.6 is 11.6 Å². The Kier molecular flexibility index (Phi) is 4.57. The summed E-state index contributed by atoms with van der Waals surface area (Å²) in [6.45, 7) is 3.15. The van der Waals surface area contributed by atoms with E-state index >= 15 is 0 Å². The van der Waals surface area contributed by atoms with Crippen molar-refractivity contribution in [3.8, 4) is 0 Å². The highest BCUT2D eigenvalue weighted by Crippen LogP contribution is 2.36. The van der Waals surface area contributed by atoms with Crippen LogP contribution < -0.4 is 5.32 Å². The highest BCUT2D eigenvalue weighted by Gasteiger charge is 2.29. The van der Waals surface area contributed by atoms with Crippen molar-refractivity contribution in [3.63, 3.8) is 0 Å². The molecule has 0 saturated heterocycles. The summed E-state index contributed by atoms with van der Waals surface area (Å²) in [4.78, 5) is 4.08. The maximum atomic E-state index is 6.29. The van der Waals surface area contributed by atoms with Gasteiger partial charge in [-0.2, -0.15) is 0 Å². The number of likely N-dealkylation sites (N-methyl/N-ethyl adjacent to an activating group) is 1. The lowest BCUT2D eigenvalue weighted by atomic mass is 9.89. The largest absolute Gasteiger partial charge is 0.313 e. The predicted octanol–water partition coefficient (Wildman–Crippen LogP) is 3.99. The second-order valence-corrected chi connectivity index (χ2v) is 6.09. The maximum Gasteiger partial charge on any atom is 0.0621 e. The summed E-state index contributed by atoms with van der Waals surface area (Å²) < 4.78 is 0. The topological polar surface area (TPSA) is 24.9 Å². The van der Waals surface area contributed by atoms with E-state index in [0.717, 1.165) is 18.0 Å². The van der Waals surface area contributed by atoms with Crippen molar-refractivity contribution >= 4 is 11.6 Å². The molecule has 0 amide bonds. The molecule has 2 atom stereocenters. The summed E-state index contributed by atoms with van der Waals surface area (Å²) >= 11 is 6.29. The highest BCUT2D eigenvalue weighted by molar-refractivity contribution is 6.31. The van der Waals surface area contributed by atoms with E-state index in [1.54, 1.807) is 6.20 Å². The van der Waals surface area contributed by atoms with Crippen LogP contribution in [0.15, 0.2) is 42.7 Å². The Balaban J connectivity index is 1.84. The number of aryl methyl sites for hydroxylation is 1. The van der Waals surface area contributed by atoms with Crippen LogP contribution in [0.5, 0.6) is 0 Å². The molecular weight excluding hydrogens is 280 g/mol. The molecule has 110 valence electrons. The molecule has 0 saturated carbocycles. The van der Waals surface area contributed by atoms with Crippen molar-refractivity contribution in [2.75, 3.05) is 6.54 Å². The minimum absolute atomic E-state index is 0.429. The summed E-state index contributed by atoms with van der Waals surface area (Å²) in [5.41, 5.74) is 4.20. The lowest BCUT2D eigenvalue weighted by Crippen LogP contribution is -2.36. The standard InChI is InChI=1S/C18H21ClN2/c1-2-21-18(11-14-9-10-20-12-17(14)19)16-8-7-13-5-3-4-6-15(13)16/h3-6,9-10,12,16,18,21H,2,7-8,11H2,1H3. The highest BCUT2D eigenvalue weighted by atomic mass is 35.5. The average molecular weight is 301 g/mol. The first-order chi connectivity index (χ1) is 10.3. The second kappa shape index (κ2) is 6.59. The van der Waals surface area contributed by atoms with E-state index in [-0.39, 0.29) is 0 Å². The van der Waals surface area contributed by atoms with Crippen LogP contribution in [0.2, 0.25) is 5.02 Å². The van der Waals surface area contributed by atoms with E-state index in [1.165, 1.54) is 29.5 Å². The van der Waals surface area contributed by atoms with E-state index in [9.17, 15) is 0 Å². The molecular formula is C18H21ClN2. The first kappa shape index (κ1) is 14.6. The molecule has 0 radical (unpaired) electrons. The zero-order valence-corrected chi connectivity index (χ0v) is 13.1. The van der Waals surface area contributed by atoms with Crippen LogP contribution in [0.25, 0.3) is 0 Å². The van der Waals surface area contributed by atoms with Crippen molar-refractivity contribution in [2.45, 2.75) is 38.1 Å². The Bertz CT molecular complexity index is 612. The van der Waals surface area contributed by atoms with E-state index in [2.05, 4.69) is 41.5 Å².